The molecule has 0 radical (unpaired) electrons. The molecule has 0 nitrogen and oxygen atoms in total. The summed E-state index contributed by atoms with van der Waals surface area (Å²) in [5, 5.41) is 1.52. The first-order valence-electron chi connectivity index (χ1n) is 5.53. The fourth-order valence-electron chi connectivity index (χ4n) is 1.70. The largest absolute Gasteiger partial charge is 0.372 e. The van der Waals surface area contributed by atoms with Gasteiger partial charge in [-0.15, -0.1) is 66.5 Å². The highest BCUT2D eigenvalue weighted by molar-refractivity contribution is 7.70. The van der Waals surface area contributed by atoms with Crippen molar-refractivity contribution in [3.63, 3.8) is 0 Å². The maximum absolute atomic E-state index is 5.96. The molecule has 0 saturated heterocycles. The smallest absolute Gasteiger partial charge is 0.121 e. The van der Waals surface area contributed by atoms with Crippen LogP contribution in [0.1, 0.15) is 0 Å². The Labute approximate surface area is 147 Å². The van der Waals surface area contributed by atoms with Crippen LogP contribution in [-0.2, 0) is 0 Å². The van der Waals surface area contributed by atoms with Gasteiger partial charge in [0.25, 0.3) is 0 Å². The van der Waals surface area contributed by atoms with Gasteiger partial charge in [-0.2, -0.15) is 0 Å². The fourth-order valence-corrected chi connectivity index (χ4v) is 5.06. The second-order valence-electron chi connectivity index (χ2n) is 4.15. The second kappa shape index (κ2) is 6.39. The third kappa shape index (κ3) is 4.31. The van der Waals surface area contributed by atoms with Crippen molar-refractivity contribution < 1.29 is 0 Å². The van der Waals surface area contributed by atoms with Crippen molar-refractivity contribution in [1.82, 2.24) is 0 Å². The van der Waals surface area contributed by atoms with Crippen molar-refractivity contribution in [2.75, 3.05) is 0 Å². The van der Waals surface area contributed by atoms with E-state index in [1.165, 1.54) is 0 Å². The van der Waals surface area contributed by atoms with Gasteiger partial charge in [0.1, 0.15) is 0 Å². The predicted octanol–water partition coefficient (Wildman–Crippen LogP) is 5.08. The summed E-state index contributed by atoms with van der Waals surface area (Å²) in [4.78, 5) is 0. The summed E-state index contributed by atoms with van der Waals surface area (Å²) in [6.07, 6.45) is 0. The van der Waals surface area contributed by atoms with Crippen LogP contribution < -0.4 is 10.4 Å². The topological polar surface area (TPSA) is 0 Å². The summed E-state index contributed by atoms with van der Waals surface area (Å²) < 4.78 is 0. The van der Waals surface area contributed by atoms with Gasteiger partial charge >= 0.3 is 12.0 Å². The molecule has 0 aliphatic carbocycles. The zero-order chi connectivity index (χ0) is 15.0. The van der Waals surface area contributed by atoms with E-state index < -0.39 is 12.0 Å². The van der Waals surface area contributed by atoms with Crippen LogP contribution in [-0.4, -0.2) is 12.0 Å². The van der Waals surface area contributed by atoms with E-state index in [2.05, 4.69) is 0 Å². The summed E-state index contributed by atoms with van der Waals surface area (Å²) in [5.74, 6) is 0. The van der Waals surface area contributed by atoms with E-state index in [0.29, 0.717) is 0 Å². The van der Waals surface area contributed by atoms with Gasteiger partial charge in [-0.25, -0.2) is 0 Å². The monoisotopic (exact) mass is 418 g/mol. The Balaban J connectivity index is 2.29. The maximum atomic E-state index is 5.96. The van der Waals surface area contributed by atoms with Crippen LogP contribution in [0, 0.1) is 0 Å². The molecule has 106 valence electrons. The Bertz CT molecular complexity index is 528. The molecule has 0 heterocycles. The van der Waals surface area contributed by atoms with E-state index in [4.69, 9.17) is 66.5 Å². The predicted molar refractivity (Wildman–Crippen MR) is 97.8 cm³/mol. The second-order valence-corrected chi connectivity index (χ2v) is 21.0. The number of hydrogen-bond acceptors (Lipinski definition) is 0. The van der Waals surface area contributed by atoms with Gasteiger partial charge in [0.2, 0.25) is 0 Å². The molecule has 0 bridgehead atoms. The lowest BCUT2D eigenvalue weighted by Gasteiger charge is -2.11. The van der Waals surface area contributed by atoms with E-state index in [1.807, 2.05) is 48.5 Å². The molecular formula is C12H8Cl6Si2. The minimum absolute atomic E-state index is 0.761. The summed E-state index contributed by atoms with van der Waals surface area (Å²) in [7, 11) is 0. The number of hydrogen-bond donors (Lipinski definition) is 0. The number of benzene rings is 2. The molecule has 2 aromatic rings. The minimum atomic E-state index is -2.82. The van der Waals surface area contributed by atoms with Crippen LogP contribution in [0.15, 0.2) is 48.5 Å². The Morgan fingerprint density at radius 1 is 0.450 bits per heavy atom. The lowest BCUT2D eigenvalue weighted by atomic mass is 10.1. The average molecular weight is 421 g/mol. The van der Waals surface area contributed by atoms with Crippen LogP contribution in [0.2, 0.25) is 0 Å². The molecule has 0 aromatic heterocycles. The van der Waals surface area contributed by atoms with Crippen LogP contribution in [0.3, 0.4) is 0 Å². The number of rotatable bonds is 3. The summed E-state index contributed by atoms with van der Waals surface area (Å²) in [5.41, 5.74) is 2.05. The van der Waals surface area contributed by atoms with Crippen LogP contribution in [0.4, 0.5) is 0 Å². The zero-order valence-electron chi connectivity index (χ0n) is 9.89. The molecule has 2 rings (SSSR count). The molecule has 20 heavy (non-hydrogen) atoms. The highest BCUT2D eigenvalue weighted by Crippen LogP contribution is 2.24. The minimum Gasteiger partial charge on any atom is -0.121 e. The third-order valence-electron chi connectivity index (χ3n) is 2.76. The summed E-state index contributed by atoms with van der Waals surface area (Å²) in [6, 6.07) is 9.41. The SMILES string of the molecule is Cl[Si](Cl)(Cl)c1ccc(-c2ccc([Si](Cl)(Cl)Cl)cc2)cc1. The lowest BCUT2D eigenvalue weighted by molar-refractivity contribution is 1.66. The van der Waals surface area contributed by atoms with Crippen molar-refractivity contribution in [3.8, 4) is 11.1 Å². The van der Waals surface area contributed by atoms with E-state index >= 15 is 0 Å². The van der Waals surface area contributed by atoms with Gasteiger partial charge in [-0.05, 0) is 21.5 Å². The lowest BCUT2D eigenvalue weighted by Crippen LogP contribution is -2.30. The van der Waals surface area contributed by atoms with Gasteiger partial charge in [0.05, 0.1) is 0 Å². The van der Waals surface area contributed by atoms with E-state index in [-0.39, 0.29) is 0 Å². The first-order chi connectivity index (χ1) is 9.18. The molecule has 0 aliphatic rings. The van der Waals surface area contributed by atoms with Gasteiger partial charge in [-0.3, -0.25) is 0 Å². The molecule has 0 N–H and O–H groups in total. The normalized spacial score (nSPS) is 12.5. The van der Waals surface area contributed by atoms with Gasteiger partial charge < -0.3 is 0 Å². The van der Waals surface area contributed by atoms with E-state index in [9.17, 15) is 0 Å². The fraction of sp³-hybridized carbons (Fsp3) is 0. The molecule has 0 unspecified atom stereocenters. The van der Waals surface area contributed by atoms with Crippen molar-refractivity contribution in [2.24, 2.45) is 0 Å². The van der Waals surface area contributed by atoms with Gasteiger partial charge in [-0.1, -0.05) is 48.5 Å². The van der Waals surface area contributed by atoms with Gasteiger partial charge in [0.15, 0.2) is 0 Å². The Morgan fingerprint density at radius 2 is 0.700 bits per heavy atom. The molecule has 8 heteroatoms. The standard InChI is InChI=1S/C12H8Cl6Si2/c13-19(14,15)11-5-1-9(2-6-11)10-3-7-12(8-4-10)20(16,17)18/h1-8H. The first kappa shape index (κ1) is 17.0. The average Bonchev–Trinajstić information content (AvgIpc) is 2.37. The maximum Gasteiger partial charge on any atom is 0.372 e. The zero-order valence-corrected chi connectivity index (χ0v) is 16.4. The summed E-state index contributed by atoms with van der Waals surface area (Å²) in [6.45, 7) is 0. The molecule has 2 aromatic carbocycles. The van der Waals surface area contributed by atoms with Crippen LogP contribution >= 0.6 is 66.5 Å². The molecule has 0 saturated carbocycles. The quantitative estimate of drug-likeness (QED) is 0.479. The molecule has 0 fully saturated rings. The Hall–Kier alpha value is 0.614. The van der Waals surface area contributed by atoms with Crippen molar-refractivity contribution in [3.05, 3.63) is 48.5 Å². The van der Waals surface area contributed by atoms with Crippen molar-refractivity contribution in [1.29, 1.82) is 0 Å². The third-order valence-corrected chi connectivity index (χ3v) is 8.66. The molecule has 0 amide bonds. The molecule has 0 aliphatic heterocycles. The van der Waals surface area contributed by atoms with Crippen LogP contribution in [0.25, 0.3) is 11.1 Å². The molecular weight excluding hydrogens is 413 g/mol. The van der Waals surface area contributed by atoms with Crippen LogP contribution in [0.5, 0.6) is 0 Å². The Kier molecular flexibility index (Phi) is 5.42. The number of halogens is 6. The Morgan fingerprint density at radius 3 is 0.900 bits per heavy atom. The highest BCUT2D eigenvalue weighted by atomic mass is 35.8. The van der Waals surface area contributed by atoms with Crippen molar-refractivity contribution in [2.45, 2.75) is 0 Å². The van der Waals surface area contributed by atoms with Gasteiger partial charge in [0, 0.05) is 0 Å². The van der Waals surface area contributed by atoms with E-state index in [1.54, 1.807) is 0 Å². The molecule has 0 atom stereocenters. The van der Waals surface area contributed by atoms with E-state index in [0.717, 1.165) is 21.5 Å². The first-order valence-corrected chi connectivity index (χ1v) is 15.6. The molecule has 0 spiro atoms. The highest BCUT2D eigenvalue weighted by Gasteiger charge is 2.28. The summed E-state index contributed by atoms with van der Waals surface area (Å²) >= 11 is 35.7. The van der Waals surface area contributed by atoms with Crippen molar-refractivity contribution >= 4 is 88.9 Å².